The molecule has 1 heterocycles. The van der Waals surface area contributed by atoms with Gasteiger partial charge < -0.3 is 9.47 Å². The van der Waals surface area contributed by atoms with E-state index in [4.69, 9.17) is 9.47 Å². The van der Waals surface area contributed by atoms with Crippen LogP contribution in [0.4, 0.5) is 0 Å². The number of rotatable bonds is 2. The van der Waals surface area contributed by atoms with Crippen LogP contribution in [0.15, 0.2) is 0 Å². The van der Waals surface area contributed by atoms with Gasteiger partial charge in [-0.2, -0.15) is 0 Å². The average molecular weight is 184 g/mol. The van der Waals surface area contributed by atoms with Gasteiger partial charge in [-0.05, 0) is 31.6 Å². The first-order chi connectivity index (χ1) is 6.28. The molecule has 0 aromatic rings. The first-order valence-corrected chi connectivity index (χ1v) is 5.03. The Kier molecular flexibility index (Phi) is 2.28. The Balaban J connectivity index is 1.88. The van der Waals surface area contributed by atoms with E-state index in [0.29, 0.717) is 6.61 Å². The van der Waals surface area contributed by atoms with Crippen LogP contribution >= 0.6 is 0 Å². The summed E-state index contributed by atoms with van der Waals surface area (Å²) in [5.41, 5.74) is 0.268. The highest BCUT2D eigenvalue weighted by Crippen LogP contribution is 2.59. The molecule has 1 aliphatic carbocycles. The zero-order valence-electron chi connectivity index (χ0n) is 8.04. The van der Waals surface area contributed by atoms with Crippen LogP contribution in [0.25, 0.3) is 0 Å². The number of carbonyl (C=O) groups is 1. The van der Waals surface area contributed by atoms with Gasteiger partial charge in [-0.3, -0.25) is 4.79 Å². The molecule has 1 aliphatic heterocycles. The summed E-state index contributed by atoms with van der Waals surface area (Å²) in [6, 6.07) is 0. The molecule has 0 aromatic carbocycles. The molecule has 1 spiro atoms. The Morgan fingerprint density at radius 2 is 2.23 bits per heavy atom. The van der Waals surface area contributed by atoms with Gasteiger partial charge in [-0.1, -0.05) is 0 Å². The molecule has 1 atom stereocenters. The molecule has 0 radical (unpaired) electrons. The Morgan fingerprint density at radius 3 is 2.85 bits per heavy atom. The standard InChI is InChI=1S/C10H16O3/c1-2-13-9(11)8-7-10(8)3-5-12-6-4-10/h8H,2-7H2,1H3/t8-/m0/s1. The van der Waals surface area contributed by atoms with Crippen molar-refractivity contribution in [2.75, 3.05) is 19.8 Å². The molecule has 3 nitrogen and oxygen atoms in total. The van der Waals surface area contributed by atoms with Gasteiger partial charge in [-0.25, -0.2) is 0 Å². The lowest BCUT2D eigenvalue weighted by Crippen LogP contribution is -2.22. The lowest BCUT2D eigenvalue weighted by molar-refractivity contribution is -0.146. The lowest BCUT2D eigenvalue weighted by atomic mass is 9.94. The van der Waals surface area contributed by atoms with Crippen molar-refractivity contribution in [1.29, 1.82) is 0 Å². The SMILES string of the molecule is CCOC(=O)[C@@H]1CC12CCOCC2. The quantitative estimate of drug-likeness (QED) is 0.608. The summed E-state index contributed by atoms with van der Waals surface area (Å²) in [6.07, 6.45) is 3.10. The van der Waals surface area contributed by atoms with Gasteiger partial charge >= 0.3 is 5.97 Å². The largest absolute Gasteiger partial charge is 0.466 e. The molecule has 0 amide bonds. The highest BCUT2D eigenvalue weighted by atomic mass is 16.5. The smallest absolute Gasteiger partial charge is 0.309 e. The van der Waals surface area contributed by atoms with E-state index in [1.807, 2.05) is 6.92 Å². The van der Waals surface area contributed by atoms with Gasteiger partial charge in [-0.15, -0.1) is 0 Å². The maximum absolute atomic E-state index is 11.4. The minimum atomic E-state index is 0.00407. The summed E-state index contributed by atoms with van der Waals surface area (Å²) >= 11 is 0. The second-order valence-corrected chi connectivity index (χ2v) is 3.98. The Morgan fingerprint density at radius 1 is 1.54 bits per heavy atom. The van der Waals surface area contributed by atoms with Gasteiger partial charge in [0.1, 0.15) is 0 Å². The van der Waals surface area contributed by atoms with Crippen LogP contribution in [0.1, 0.15) is 26.2 Å². The maximum atomic E-state index is 11.4. The number of carbonyl (C=O) groups excluding carboxylic acids is 1. The first-order valence-electron chi connectivity index (χ1n) is 5.03. The molecule has 0 bridgehead atoms. The van der Waals surface area contributed by atoms with Crippen LogP contribution in [0.3, 0.4) is 0 Å². The third-order valence-electron chi connectivity index (χ3n) is 3.25. The zero-order chi connectivity index (χ0) is 9.31. The van der Waals surface area contributed by atoms with Gasteiger partial charge in [0.05, 0.1) is 12.5 Å². The number of hydrogen-bond acceptors (Lipinski definition) is 3. The number of ether oxygens (including phenoxy) is 2. The highest BCUT2D eigenvalue weighted by molar-refractivity contribution is 5.77. The monoisotopic (exact) mass is 184 g/mol. The van der Waals surface area contributed by atoms with E-state index < -0.39 is 0 Å². The molecule has 74 valence electrons. The average Bonchev–Trinajstić information content (AvgIpc) is 2.81. The molecule has 0 unspecified atom stereocenters. The highest BCUT2D eigenvalue weighted by Gasteiger charge is 2.58. The van der Waals surface area contributed by atoms with Crippen molar-refractivity contribution in [2.45, 2.75) is 26.2 Å². The van der Waals surface area contributed by atoms with Crippen molar-refractivity contribution in [2.24, 2.45) is 11.3 Å². The molecule has 0 aromatic heterocycles. The topological polar surface area (TPSA) is 35.5 Å². The molecule has 3 heteroatoms. The predicted octanol–water partition coefficient (Wildman–Crippen LogP) is 1.37. The molecule has 0 N–H and O–H groups in total. The van der Waals surface area contributed by atoms with Crippen molar-refractivity contribution in [3.05, 3.63) is 0 Å². The number of esters is 1. The van der Waals surface area contributed by atoms with Crippen LogP contribution in [-0.4, -0.2) is 25.8 Å². The van der Waals surface area contributed by atoms with E-state index in [1.54, 1.807) is 0 Å². The molecular weight excluding hydrogens is 168 g/mol. The van der Waals surface area contributed by atoms with E-state index in [9.17, 15) is 4.79 Å². The van der Waals surface area contributed by atoms with Crippen LogP contribution in [-0.2, 0) is 14.3 Å². The van der Waals surface area contributed by atoms with Crippen LogP contribution in [0.2, 0.25) is 0 Å². The Labute approximate surface area is 78.4 Å². The van der Waals surface area contributed by atoms with Gasteiger partial charge in [0.15, 0.2) is 0 Å². The lowest BCUT2D eigenvalue weighted by Gasteiger charge is -2.22. The van der Waals surface area contributed by atoms with Gasteiger partial charge in [0.2, 0.25) is 0 Å². The van der Waals surface area contributed by atoms with Crippen molar-refractivity contribution < 1.29 is 14.3 Å². The normalized spacial score (nSPS) is 30.1. The van der Waals surface area contributed by atoms with Crippen molar-refractivity contribution >= 4 is 5.97 Å². The first kappa shape index (κ1) is 9.00. The van der Waals surface area contributed by atoms with E-state index in [1.165, 1.54) is 0 Å². The Bertz CT molecular complexity index is 206. The summed E-state index contributed by atoms with van der Waals surface area (Å²) in [7, 11) is 0. The summed E-state index contributed by atoms with van der Waals surface area (Å²) < 4.78 is 10.3. The molecule has 1 saturated heterocycles. The molecule has 2 fully saturated rings. The second kappa shape index (κ2) is 3.29. The summed E-state index contributed by atoms with van der Waals surface area (Å²) in [6.45, 7) is 3.99. The van der Waals surface area contributed by atoms with E-state index in [0.717, 1.165) is 32.5 Å². The predicted molar refractivity (Wildman–Crippen MR) is 47.2 cm³/mol. The summed E-state index contributed by atoms with van der Waals surface area (Å²) in [5.74, 6) is 0.181. The molecule has 2 aliphatic rings. The van der Waals surface area contributed by atoms with Crippen molar-refractivity contribution in [3.8, 4) is 0 Å². The van der Waals surface area contributed by atoms with Crippen LogP contribution < -0.4 is 0 Å². The minimum absolute atomic E-state index is 0.00407. The summed E-state index contributed by atoms with van der Waals surface area (Å²) in [5, 5.41) is 0. The fraction of sp³-hybridized carbons (Fsp3) is 0.900. The van der Waals surface area contributed by atoms with Gasteiger partial charge in [0, 0.05) is 13.2 Å². The molecule has 13 heavy (non-hydrogen) atoms. The minimum Gasteiger partial charge on any atom is -0.466 e. The van der Waals surface area contributed by atoms with Crippen LogP contribution in [0, 0.1) is 11.3 Å². The van der Waals surface area contributed by atoms with Gasteiger partial charge in [0.25, 0.3) is 0 Å². The molecule has 2 rings (SSSR count). The maximum Gasteiger partial charge on any atom is 0.309 e. The van der Waals surface area contributed by atoms with E-state index in [2.05, 4.69) is 0 Å². The van der Waals surface area contributed by atoms with Crippen molar-refractivity contribution in [3.63, 3.8) is 0 Å². The molecule has 1 saturated carbocycles. The van der Waals surface area contributed by atoms with E-state index in [-0.39, 0.29) is 17.3 Å². The van der Waals surface area contributed by atoms with E-state index >= 15 is 0 Å². The fourth-order valence-corrected chi connectivity index (χ4v) is 2.25. The fourth-order valence-electron chi connectivity index (χ4n) is 2.25. The zero-order valence-corrected chi connectivity index (χ0v) is 8.04. The third-order valence-corrected chi connectivity index (χ3v) is 3.25. The van der Waals surface area contributed by atoms with Crippen molar-refractivity contribution in [1.82, 2.24) is 0 Å². The second-order valence-electron chi connectivity index (χ2n) is 3.98. The summed E-state index contributed by atoms with van der Waals surface area (Å²) in [4.78, 5) is 11.4. The third kappa shape index (κ3) is 1.57. The molecular formula is C10H16O3. The number of hydrogen-bond donors (Lipinski definition) is 0. The Hall–Kier alpha value is -0.570. The van der Waals surface area contributed by atoms with Crippen LogP contribution in [0.5, 0.6) is 0 Å².